The van der Waals surface area contributed by atoms with Crippen LogP contribution in [0.15, 0.2) is 41.5 Å². The van der Waals surface area contributed by atoms with E-state index in [1.807, 2.05) is 28.9 Å². The Kier molecular flexibility index (Phi) is 5.03. The van der Waals surface area contributed by atoms with Crippen LogP contribution in [0, 0.1) is 0 Å². The van der Waals surface area contributed by atoms with Crippen molar-refractivity contribution in [2.75, 3.05) is 10.6 Å². The molecule has 0 spiro atoms. The summed E-state index contributed by atoms with van der Waals surface area (Å²) in [6.45, 7) is 0.608. The highest BCUT2D eigenvalue weighted by Gasteiger charge is 2.23. The Balaban J connectivity index is 1.60. The molecule has 8 heteroatoms. The van der Waals surface area contributed by atoms with Crippen LogP contribution in [0.1, 0.15) is 31.2 Å². The summed E-state index contributed by atoms with van der Waals surface area (Å²) in [5, 5.41) is 17.0. The van der Waals surface area contributed by atoms with E-state index in [-0.39, 0.29) is 12.1 Å². The number of rotatable bonds is 5. The Morgan fingerprint density at radius 3 is 2.96 bits per heavy atom. The highest BCUT2D eigenvalue weighted by atomic mass is 79.9. The third kappa shape index (κ3) is 3.66. The number of anilines is 2. The van der Waals surface area contributed by atoms with Crippen molar-refractivity contribution in [3.8, 4) is 0 Å². The van der Waals surface area contributed by atoms with Crippen molar-refractivity contribution in [2.24, 2.45) is 0 Å². The maximum atomic E-state index is 10.2. The van der Waals surface area contributed by atoms with Gasteiger partial charge in [0, 0.05) is 18.9 Å². The first kappa shape index (κ1) is 17.2. The number of nitrogens with one attached hydrogen (secondary N) is 2. The predicted octanol–water partition coefficient (Wildman–Crippen LogP) is 3.21. The van der Waals surface area contributed by atoms with E-state index in [2.05, 4.69) is 36.5 Å². The molecule has 3 aromatic rings. The molecule has 1 aliphatic rings. The average Bonchev–Trinajstić information content (AvgIpc) is 3.04. The number of aromatic nitrogens is 4. The number of fused-ring (bicyclic) bond motifs is 1. The van der Waals surface area contributed by atoms with E-state index in [9.17, 15) is 5.11 Å². The highest BCUT2D eigenvalue weighted by Crippen LogP contribution is 2.25. The van der Waals surface area contributed by atoms with Gasteiger partial charge in [-0.3, -0.25) is 9.38 Å². The summed E-state index contributed by atoms with van der Waals surface area (Å²) >= 11 is 3.53. The molecule has 0 bridgehead atoms. The zero-order valence-electron chi connectivity index (χ0n) is 14.3. The summed E-state index contributed by atoms with van der Waals surface area (Å²) in [4.78, 5) is 13.3. The van der Waals surface area contributed by atoms with Crippen molar-refractivity contribution in [2.45, 2.75) is 44.4 Å². The van der Waals surface area contributed by atoms with E-state index >= 15 is 0 Å². The molecule has 0 radical (unpaired) electrons. The SMILES string of the molecule is OC1CCCCC1Nc1cn2c(Br)cnc2c(NCc2cccnc2)n1. The van der Waals surface area contributed by atoms with Crippen LogP contribution < -0.4 is 10.6 Å². The van der Waals surface area contributed by atoms with Crippen LogP contribution in [-0.4, -0.2) is 36.6 Å². The second-order valence-electron chi connectivity index (χ2n) is 6.57. The maximum Gasteiger partial charge on any atom is 0.181 e. The largest absolute Gasteiger partial charge is 0.391 e. The van der Waals surface area contributed by atoms with Crippen LogP contribution in [-0.2, 0) is 6.54 Å². The van der Waals surface area contributed by atoms with Gasteiger partial charge in [0.05, 0.1) is 24.5 Å². The summed E-state index contributed by atoms with van der Waals surface area (Å²) in [6, 6.07) is 3.95. The predicted molar refractivity (Wildman–Crippen MR) is 104 cm³/mol. The second-order valence-corrected chi connectivity index (χ2v) is 7.38. The average molecular weight is 417 g/mol. The molecule has 0 saturated heterocycles. The Bertz CT molecular complexity index is 884. The molecular weight excluding hydrogens is 396 g/mol. The zero-order chi connectivity index (χ0) is 17.9. The Morgan fingerprint density at radius 1 is 1.27 bits per heavy atom. The van der Waals surface area contributed by atoms with Gasteiger partial charge in [0.25, 0.3) is 0 Å². The topological polar surface area (TPSA) is 87.4 Å². The Hall–Kier alpha value is -2.19. The van der Waals surface area contributed by atoms with Gasteiger partial charge in [0.1, 0.15) is 10.4 Å². The minimum atomic E-state index is -0.334. The number of aliphatic hydroxyl groups is 1. The fraction of sp³-hybridized carbons (Fsp3) is 0.389. The number of halogens is 1. The van der Waals surface area contributed by atoms with Crippen molar-refractivity contribution in [3.63, 3.8) is 0 Å². The van der Waals surface area contributed by atoms with Gasteiger partial charge < -0.3 is 15.7 Å². The van der Waals surface area contributed by atoms with Gasteiger partial charge in [-0.05, 0) is 40.4 Å². The lowest BCUT2D eigenvalue weighted by molar-refractivity contribution is 0.116. The third-order valence-corrected chi connectivity index (χ3v) is 5.28. The van der Waals surface area contributed by atoms with E-state index in [1.165, 1.54) is 0 Å². The van der Waals surface area contributed by atoms with Gasteiger partial charge in [0.15, 0.2) is 11.5 Å². The minimum Gasteiger partial charge on any atom is -0.391 e. The highest BCUT2D eigenvalue weighted by molar-refractivity contribution is 9.10. The summed E-state index contributed by atoms with van der Waals surface area (Å²) in [6.07, 6.45) is 10.9. The second kappa shape index (κ2) is 7.59. The van der Waals surface area contributed by atoms with E-state index in [0.29, 0.717) is 12.4 Å². The van der Waals surface area contributed by atoms with Crippen LogP contribution in [0.3, 0.4) is 0 Å². The molecule has 0 aliphatic heterocycles. The molecule has 2 atom stereocenters. The van der Waals surface area contributed by atoms with Crippen molar-refractivity contribution in [3.05, 3.63) is 47.1 Å². The number of hydrogen-bond acceptors (Lipinski definition) is 6. The number of nitrogens with zero attached hydrogens (tertiary/aromatic N) is 4. The molecule has 4 rings (SSSR count). The minimum absolute atomic E-state index is 0.0298. The van der Waals surface area contributed by atoms with Gasteiger partial charge in [-0.2, -0.15) is 0 Å². The standard InChI is InChI=1S/C18H21BrN6O/c19-15-10-22-18-17(21-9-12-4-3-7-20-8-12)24-16(11-25(15)18)23-13-5-1-2-6-14(13)26/h3-4,7-8,10-11,13-14,23,26H,1-2,5-6,9H2,(H,21,24). The smallest absolute Gasteiger partial charge is 0.181 e. The Morgan fingerprint density at radius 2 is 2.15 bits per heavy atom. The monoisotopic (exact) mass is 416 g/mol. The molecule has 136 valence electrons. The molecule has 3 aromatic heterocycles. The summed E-state index contributed by atoms with van der Waals surface area (Å²) in [7, 11) is 0. The van der Waals surface area contributed by atoms with Gasteiger partial charge in [-0.25, -0.2) is 9.97 Å². The fourth-order valence-electron chi connectivity index (χ4n) is 3.31. The quantitative estimate of drug-likeness (QED) is 0.591. The molecule has 7 nitrogen and oxygen atoms in total. The maximum absolute atomic E-state index is 10.2. The summed E-state index contributed by atoms with van der Waals surface area (Å²) in [5.74, 6) is 1.41. The van der Waals surface area contributed by atoms with Crippen molar-refractivity contribution in [1.82, 2.24) is 19.4 Å². The number of pyridine rings is 1. The molecule has 2 unspecified atom stereocenters. The molecule has 3 heterocycles. The van der Waals surface area contributed by atoms with E-state index in [0.717, 1.165) is 47.3 Å². The summed E-state index contributed by atoms with van der Waals surface area (Å²) < 4.78 is 2.79. The lowest BCUT2D eigenvalue weighted by Crippen LogP contribution is -2.36. The lowest BCUT2D eigenvalue weighted by Gasteiger charge is -2.28. The van der Waals surface area contributed by atoms with E-state index in [4.69, 9.17) is 4.98 Å². The third-order valence-electron chi connectivity index (χ3n) is 4.69. The molecule has 1 aliphatic carbocycles. The van der Waals surface area contributed by atoms with Crippen LogP contribution in [0.4, 0.5) is 11.6 Å². The molecule has 3 N–H and O–H groups in total. The lowest BCUT2D eigenvalue weighted by atomic mass is 9.93. The first-order chi connectivity index (χ1) is 12.7. The van der Waals surface area contributed by atoms with Gasteiger partial charge in [0.2, 0.25) is 0 Å². The molecule has 1 saturated carbocycles. The Labute approximate surface area is 160 Å². The first-order valence-electron chi connectivity index (χ1n) is 8.81. The van der Waals surface area contributed by atoms with E-state index < -0.39 is 0 Å². The van der Waals surface area contributed by atoms with Crippen LogP contribution in [0.2, 0.25) is 0 Å². The number of aliphatic hydroxyl groups excluding tert-OH is 1. The van der Waals surface area contributed by atoms with Gasteiger partial charge in [-0.15, -0.1) is 0 Å². The zero-order valence-corrected chi connectivity index (χ0v) is 15.9. The molecule has 0 aromatic carbocycles. The first-order valence-corrected chi connectivity index (χ1v) is 9.61. The molecule has 1 fully saturated rings. The van der Waals surface area contributed by atoms with Gasteiger partial charge >= 0.3 is 0 Å². The number of hydrogen-bond donors (Lipinski definition) is 3. The summed E-state index contributed by atoms with van der Waals surface area (Å²) in [5.41, 5.74) is 1.81. The van der Waals surface area contributed by atoms with Crippen LogP contribution in [0.25, 0.3) is 5.65 Å². The van der Waals surface area contributed by atoms with Crippen molar-refractivity contribution in [1.29, 1.82) is 0 Å². The fourth-order valence-corrected chi connectivity index (χ4v) is 3.68. The normalized spacial score (nSPS) is 20.2. The van der Waals surface area contributed by atoms with Crippen LogP contribution in [0.5, 0.6) is 0 Å². The van der Waals surface area contributed by atoms with Crippen molar-refractivity contribution < 1.29 is 5.11 Å². The molecule has 0 amide bonds. The van der Waals surface area contributed by atoms with Gasteiger partial charge in [-0.1, -0.05) is 18.9 Å². The molecular formula is C18H21BrN6O. The molecule has 26 heavy (non-hydrogen) atoms. The van der Waals surface area contributed by atoms with E-state index in [1.54, 1.807) is 12.4 Å². The number of imidazole rings is 1. The van der Waals surface area contributed by atoms with Crippen LogP contribution >= 0.6 is 15.9 Å². The van der Waals surface area contributed by atoms with Crippen molar-refractivity contribution >= 4 is 33.2 Å².